The second kappa shape index (κ2) is 8.82. The highest BCUT2D eigenvalue weighted by Crippen LogP contribution is 2.23. The maximum atomic E-state index is 12.3. The summed E-state index contributed by atoms with van der Waals surface area (Å²) in [7, 11) is 3.23. The molecule has 0 radical (unpaired) electrons. The Balaban J connectivity index is 2.14. The number of anilines is 1. The van der Waals surface area contributed by atoms with E-state index in [2.05, 4.69) is 5.32 Å². The van der Waals surface area contributed by atoms with Gasteiger partial charge in [0.2, 0.25) is 0 Å². The fourth-order valence-corrected chi connectivity index (χ4v) is 2.37. The first-order chi connectivity index (χ1) is 11.7. The molecule has 2 aromatic carbocycles. The topological polar surface area (TPSA) is 56.8 Å². The number of esters is 1. The van der Waals surface area contributed by atoms with Crippen LogP contribution in [0.4, 0.5) is 5.69 Å². The number of rotatable bonds is 8. The van der Waals surface area contributed by atoms with Crippen molar-refractivity contribution in [1.82, 2.24) is 0 Å². The maximum Gasteiger partial charge on any atom is 0.315 e. The standard InChI is InChI=1S/C19H23NO4/c1-4-24-19(21)18(14-6-5-7-17(12-14)23-3)13-20-15-8-10-16(22-2)11-9-15/h5-12,18,20H,4,13H2,1-3H3. The van der Waals surface area contributed by atoms with Crippen molar-refractivity contribution in [3.63, 3.8) is 0 Å². The Morgan fingerprint density at radius 2 is 1.75 bits per heavy atom. The number of carbonyl (C=O) groups excluding carboxylic acids is 1. The molecule has 0 aliphatic heterocycles. The van der Waals surface area contributed by atoms with Gasteiger partial charge in [0.05, 0.1) is 26.7 Å². The van der Waals surface area contributed by atoms with Gasteiger partial charge in [-0.2, -0.15) is 0 Å². The predicted octanol–water partition coefficient (Wildman–Crippen LogP) is 3.46. The molecule has 128 valence electrons. The monoisotopic (exact) mass is 329 g/mol. The van der Waals surface area contributed by atoms with Crippen LogP contribution >= 0.6 is 0 Å². The molecule has 2 aromatic rings. The minimum absolute atomic E-state index is 0.258. The Morgan fingerprint density at radius 1 is 1.04 bits per heavy atom. The van der Waals surface area contributed by atoms with E-state index in [1.807, 2.05) is 48.5 Å². The zero-order valence-electron chi connectivity index (χ0n) is 14.2. The van der Waals surface area contributed by atoms with E-state index in [0.29, 0.717) is 18.9 Å². The first-order valence-electron chi connectivity index (χ1n) is 7.86. The molecule has 0 bridgehead atoms. The van der Waals surface area contributed by atoms with Crippen LogP contribution in [0, 0.1) is 0 Å². The number of hydrogen-bond acceptors (Lipinski definition) is 5. The number of ether oxygens (including phenoxy) is 3. The van der Waals surface area contributed by atoms with E-state index in [1.54, 1.807) is 21.1 Å². The van der Waals surface area contributed by atoms with Crippen molar-refractivity contribution in [2.45, 2.75) is 12.8 Å². The van der Waals surface area contributed by atoms with E-state index < -0.39 is 5.92 Å². The lowest BCUT2D eigenvalue weighted by atomic mass is 9.98. The first-order valence-corrected chi connectivity index (χ1v) is 7.86. The van der Waals surface area contributed by atoms with Gasteiger partial charge in [-0.1, -0.05) is 12.1 Å². The predicted molar refractivity (Wildman–Crippen MR) is 93.9 cm³/mol. The zero-order chi connectivity index (χ0) is 17.4. The largest absolute Gasteiger partial charge is 0.497 e. The van der Waals surface area contributed by atoms with E-state index in [9.17, 15) is 4.79 Å². The fraction of sp³-hybridized carbons (Fsp3) is 0.316. The Labute approximate surface area is 142 Å². The Morgan fingerprint density at radius 3 is 2.38 bits per heavy atom. The van der Waals surface area contributed by atoms with Crippen molar-refractivity contribution in [2.24, 2.45) is 0 Å². The van der Waals surface area contributed by atoms with Gasteiger partial charge in [0, 0.05) is 12.2 Å². The highest BCUT2D eigenvalue weighted by atomic mass is 16.5. The average Bonchev–Trinajstić information content (AvgIpc) is 2.63. The lowest BCUT2D eigenvalue weighted by molar-refractivity contribution is -0.144. The van der Waals surface area contributed by atoms with Crippen molar-refractivity contribution in [3.05, 3.63) is 54.1 Å². The maximum absolute atomic E-state index is 12.3. The molecule has 1 atom stereocenters. The van der Waals surface area contributed by atoms with Gasteiger partial charge in [-0.3, -0.25) is 4.79 Å². The van der Waals surface area contributed by atoms with Gasteiger partial charge < -0.3 is 19.5 Å². The molecule has 0 spiro atoms. The third-order valence-corrected chi connectivity index (χ3v) is 3.67. The summed E-state index contributed by atoms with van der Waals surface area (Å²) >= 11 is 0. The normalized spacial score (nSPS) is 11.5. The summed E-state index contributed by atoms with van der Waals surface area (Å²) in [5, 5.41) is 3.27. The summed E-state index contributed by atoms with van der Waals surface area (Å²) in [6.45, 7) is 2.58. The van der Waals surface area contributed by atoms with Crippen LogP contribution in [0.5, 0.6) is 11.5 Å². The van der Waals surface area contributed by atoms with E-state index in [4.69, 9.17) is 14.2 Å². The van der Waals surface area contributed by atoms with Crippen molar-refractivity contribution < 1.29 is 19.0 Å². The van der Waals surface area contributed by atoms with Crippen LogP contribution < -0.4 is 14.8 Å². The molecule has 0 aliphatic rings. The van der Waals surface area contributed by atoms with Gasteiger partial charge in [-0.25, -0.2) is 0 Å². The Hall–Kier alpha value is -2.69. The van der Waals surface area contributed by atoms with Crippen molar-refractivity contribution in [3.8, 4) is 11.5 Å². The summed E-state index contributed by atoms with van der Waals surface area (Å²) < 4.78 is 15.6. The average molecular weight is 329 g/mol. The number of benzene rings is 2. The van der Waals surface area contributed by atoms with Crippen LogP contribution in [-0.4, -0.2) is 33.3 Å². The lowest BCUT2D eigenvalue weighted by Crippen LogP contribution is -2.23. The molecular weight excluding hydrogens is 306 g/mol. The second-order valence-electron chi connectivity index (χ2n) is 5.19. The van der Waals surface area contributed by atoms with Crippen LogP contribution in [0.3, 0.4) is 0 Å². The van der Waals surface area contributed by atoms with E-state index in [1.165, 1.54) is 0 Å². The summed E-state index contributed by atoms with van der Waals surface area (Å²) in [6.07, 6.45) is 0. The molecule has 0 fully saturated rings. The van der Waals surface area contributed by atoms with Gasteiger partial charge in [0.25, 0.3) is 0 Å². The van der Waals surface area contributed by atoms with Crippen molar-refractivity contribution in [1.29, 1.82) is 0 Å². The summed E-state index contributed by atoms with van der Waals surface area (Å²) in [6, 6.07) is 15.0. The van der Waals surface area contributed by atoms with Crippen molar-refractivity contribution >= 4 is 11.7 Å². The summed E-state index contributed by atoms with van der Waals surface area (Å²) in [5.41, 5.74) is 1.77. The molecule has 0 amide bonds. The second-order valence-corrected chi connectivity index (χ2v) is 5.19. The molecule has 1 N–H and O–H groups in total. The fourth-order valence-electron chi connectivity index (χ4n) is 2.37. The highest BCUT2D eigenvalue weighted by Gasteiger charge is 2.22. The molecule has 1 unspecified atom stereocenters. The molecule has 0 aromatic heterocycles. The molecular formula is C19H23NO4. The molecule has 24 heavy (non-hydrogen) atoms. The first kappa shape index (κ1) is 17.7. The third kappa shape index (κ3) is 4.65. The minimum atomic E-state index is -0.415. The van der Waals surface area contributed by atoms with Gasteiger partial charge in [0.15, 0.2) is 0 Å². The summed E-state index contributed by atoms with van der Waals surface area (Å²) in [4.78, 5) is 12.3. The van der Waals surface area contributed by atoms with Crippen LogP contribution in [0.25, 0.3) is 0 Å². The van der Waals surface area contributed by atoms with Crippen LogP contribution in [0.1, 0.15) is 18.4 Å². The smallest absolute Gasteiger partial charge is 0.315 e. The molecule has 0 saturated carbocycles. The lowest BCUT2D eigenvalue weighted by Gasteiger charge is -2.18. The minimum Gasteiger partial charge on any atom is -0.497 e. The highest BCUT2D eigenvalue weighted by molar-refractivity contribution is 5.79. The van der Waals surface area contributed by atoms with Crippen molar-refractivity contribution in [2.75, 3.05) is 32.7 Å². The number of hydrogen-bond donors (Lipinski definition) is 1. The van der Waals surface area contributed by atoms with E-state index >= 15 is 0 Å². The van der Waals surface area contributed by atoms with Gasteiger partial charge in [-0.15, -0.1) is 0 Å². The quantitative estimate of drug-likeness (QED) is 0.752. The van der Waals surface area contributed by atoms with Crippen LogP contribution in [0.2, 0.25) is 0 Å². The molecule has 2 rings (SSSR count). The zero-order valence-corrected chi connectivity index (χ0v) is 14.2. The van der Waals surface area contributed by atoms with Crippen LogP contribution in [0.15, 0.2) is 48.5 Å². The van der Waals surface area contributed by atoms with E-state index in [0.717, 1.165) is 17.0 Å². The number of methoxy groups -OCH3 is 2. The third-order valence-electron chi connectivity index (χ3n) is 3.67. The number of nitrogens with one attached hydrogen (secondary N) is 1. The van der Waals surface area contributed by atoms with Gasteiger partial charge >= 0.3 is 5.97 Å². The van der Waals surface area contributed by atoms with Crippen LogP contribution in [-0.2, 0) is 9.53 Å². The molecule has 5 nitrogen and oxygen atoms in total. The Bertz CT molecular complexity index is 655. The molecule has 0 heterocycles. The van der Waals surface area contributed by atoms with Gasteiger partial charge in [0.1, 0.15) is 11.5 Å². The molecule has 5 heteroatoms. The number of carbonyl (C=O) groups is 1. The molecule has 0 aliphatic carbocycles. The van der Waals surface area contributed by atoms with Gasteiger partial charge in [-0.05, 0) is 48.9 Å². The molecule has 0 saturated heterocycles. The Kier molecular flexibility index (Phi) is 6.49. The van der Waals surface area contributed by atoms with E-state index in [-0.39, 0.29) is 5.97 Å². The summed E-state index contributed by atoms with van der Waals surface area (Å²) in [5.74, 6) is 0.829. The SMILES string of the molecule is CCOC(=O)C(CNc1ccc(OC)cc1)c1cccc(OC)c1.